The number of amides is 1. The molecule has 130 valence electrons. The van der Waals surface area contributed by atoms with Crippen LogP contribution in [0, 0.1) is 0 Å². The van der Waals surface area contributed by atoms with Gasteiger partial charge in [0.15, 0.2) is 5.13 Å². The number of thiazole rings is 1. The van der Waals surface area contributed by atoms with Gasteiger partial charge < -0.3 is 10.6 Å². The molecule has 1 aromatic carbocycles. The van der Waals surface area contributed by atoms with Gasteiger partial charge in [-0.2, -0.15) is 0 Å². The lowest BCUT2D eigenvalue weighted by molar-refractivity contribution is -0.116. The van der Waals surface area contributed by atoms with Crippen LogP contribution in [0.5, 0.6) is 0 Å². The maximum absolute atomic E-state index is 11.9. The van der Waals surface area contributed by atoms with Gasteiger partial charge in [-0.05, 0) is 25.5 Å². The second kappa shape index (κ2) is 10.1. The first-order valence-electron chi connectivity index (χ1n) is 8.82. The van der Waals surface area contributed by atoms with Crippen molar-refractivity contribution in [3.63, 3.8) is 0 Å². The minimum atomic E-state index is 0.0994. The van der Waals surface area contributed by atoms with Gasteiger partial charge in [0.1, 0.15) is 0 Å². The Balaban J connectivity index is 1.81. The summed E-state index contributed by atoms with van der Waals surface area (Å²) in [4.78, 5) is 16.5. The number of hydrogen-bond acceptors (Lipinski definition) is 4. The van der Waals surface area contributed by atoms with Gasteiger partial charge in [0.2, 0.25) is 5.91 Å². The van der Waals surface area contributed by atoms with E-state index in [0.717, 1.165) is 41.5 Å². The molecule has 5 heteroatoms. The number of nitrogens with zero attached hydrogens (tertiary/aromatic N) is 1. The fourth-order valence-electron chi connectivity index (χ4n) is 2.48. The molecule has 0 unspecified atom stereocenters. The van der Waals surface area contributed by atoms with Crippen molar-refractivity contribution in [1.82, 2.24) is 4.98 Å². The quantitative estimate of drug-likeness (QED) is 0.556. The molecule has 0 aliphatic carbocycles. The smallest absolute Gasteiger partial charge is 0.224 e. The highest BCUT2D eigenvalue weighted by Gasteiger charge is 2.06. The summed E-state index contributed by atoms with van der Waals surface area (Å²) in [6.45, 7) is 5.13. The van der Waals surface area contributed by atoms with Crippen molar-refractivity contribution in [3.8, 4) is 11.3 Å². The molecule has 1 amide bonds. The van der Waals surface area contributed by atoms with E-state index in [0.29, 0.717) is 6.42 Å². The monoisotopic (exact) mass is 345 g/mol. The summed E-state index contributed by atoms with van der Waals surface area (Å²) in [5, 5.41) is 9.17. The molecule has 2 N–H and O–H groups in total. The summed E-state index contributed by atoms with van der Waals surface area (Å²) in [7, 11) is 0. The highest BCUT2D eigenvalue weighted by atomic mass is 32.1. The van der Waals surface area contributed by atoms with Gasteiger partial charge in [-0.3, -0.25) is 4.79 Å². The fourth-order valence-corrected chi connectivity index (χ4v) is 3.27. The van der Waals surface area contributed by atoms with E-state index in [1.807, 2.05) is 29.6 Å². The van der Waals surface area contributed by atoms with Gasteiger partial charge in [0.05, 0.1) is 5.69 Å². The molecule has 0 radical (unpaired) electrons. The average Bonchev–Trinajstić information content (AvgIpc) is 3.04. The fraction of sp³-hybridized carbons (Fsp3) is 0.474. The number of carbonyl (C=O) groups is 1. The van der Waals surface area contributed by atoms with Gasteiger partial charge in [0.25, 0.3) is 0 Å². The van der Waals surface area contributed by atoms with E-state index >= 15 is 0 Å². The lowest BCUT2D eigenvalue weighted by Gasteiger charge is -2.06. The van der Waals surface area contributed by atoms with Crippen LogP contribution in [-0.4, -0.2) is 17.4 Å². The molecule has 0 bridgehead atoms. The number of anilines is 2. The Morgan fingerprint density at radius 1 is 1.08 bits per heavy atom. The van der Waals surface area contributed by atoms with E-state index in [-0.39, 0.29) is 5.91 Å². The number of benzene rings is 1. The number of hydrogen-bond donors (Lipinski definition) is 2. The van der Waals surface area contributed by atoms with Crippen molar-refractivity contribution < 1.29 is 4.79 Å². The summed E-state index contributed by atoms with van der Waals surface area (Å²) in [5.74, 6) is 0.0994. The van der Waals surface area contributed by atoms with Crippen LogP contribution >= 0.6 is 11.3 Å². The first-order valence-corrected chi connectivity index (χ1v) is 9.70. The van der Waals surface area contributed by atoms with E-state index in [9.17, 15) is 4.79 Å². The Kier molecular flexibility index (Phi) is 7.75. The van der Waals surface area contributed by atoms with Crippen LogP contribution in [-0.2, 0) is 4.79 Å². The van der Waals surface area contributed by atoms with Crippen molar-refractivity contribution in [2.75, 3.05) is 17.2 Å². The van der Waals surface area contributed by atoms with Crippen molar-refractivity contribution in [2.45, 2.75) is 52.4 Å². The molecule has 0 saturated carbocycles. The Morgan fingerprint density at radius 3 is 2.54 bits per heavy atom. The molecule has 0 spiro atoms. The van der Waals surface area contributed by atoms with Crippen LogP contribution in [0.3, 0.4) is 0 Å². The Labute approximate surface area is 148 Å². The molecule has 4 nitrogen and oxygen atoms in total. The van der Waals surface area contributed by atoms with Crippen LogP contribution in [0.1, 0.15) is 52.4 Å². The Morgan fingerprint density at radius 2 is 1.83 bits per heavy atom. The maximum atomic E-state index is 11.9. The number of aromatic nitrogens is 1. The molecule has 0 fully saturated rings. The molecule has 0 aliphatic rings. The zero-order valence-corrected chi connectivity index (χ0v) is 15.4. The topological polar surface area (TPSA) is 54.0 Å². The van der Waals surface area contributed by atoms with E-state index in [1.165, 1.54) is 19.3 Å². The minimum Gasteiger partial charge on any atom is -0.362 e. The molecule has 1 heterocycles. The summed E-state index contributed by atoms with van der Waals surface area (Å²) in [6, 6.07) is 7.89. The second-order valence-electron chi connectivity index (χ2n) is 5.86. The van der Waals surface area contributed by atoms with E-state index < -0.39 is 0 Å². The predicted octanol–water partition coefficient (Wildman–Crippen LogP) is 5.54. The molecule has 2 aromatic rings. The largest absolute Gasteiger partial charge is 0.362 e. The summed E-state index contributed by atoms with van der Waals surface area (Å²) in [6.07, 6.45) is 6.42. The molecular formula is C19H27N3OS. The molecule has 2 rings (SSSR count). The van der Waals surface area contributed by atoms with Gasteiger partial charge in [0, 0.05) is 29.6 Å². The SMILES string of the molecule is CCCCCCCC(=O)Nc1ccc(-c2csc(NCC)n2)cc1. The highest BCUT2D eigenvalue weighted by Crippen LogP contribution is 2.25. The van der Waals surface area contributed by atoms with E-state index in [4.69, 9.17) is 0 Å². The van der Waals surface area contributed by atoms with Gasteiger partial charge in [-0.15, -0.1) is 11.3 Å². The predicted molar refractivity (Wildman–Crippen MR) is 104 cm³/mol. The summed E-state index contributed by atoms with van der Waals surface area (Å²) < 4.78 is 0. The zero-order valence-electron chi connectivity index (χ0n) is 14.6. The van der Waals surface area contributed by atoms with E-state index in [1.54, 1.807) is 11.3 Å². The molecule has 0 aliphatic heterocycles. The number of unbranched alkanes of at least 4 members (excludes halogenated alkanes) is 4. The third kappa shape index (κ3) is 5.96. The first-order chi connectivity index (χ1) is 11.7. The second-order valence-corrected chi connectivity index (χ2v) is 6.72. The third-order valence-corrected chi connectivity index (χ3v) is 4.60. The minimum absolute atomic E-state index is 0.0994. The van der Waals surface area contributed by atoms with Gasteiger partial charge in [-0.25, -0.2) is 4.98 Å². The maximum Gasteiger partial charge on any atom is 0.224 e. The Hall–Kier alpha value is -1.88. The number of carbonyl (C=O) groups excluding carboxylic acids is 1. The molecular weight excluding hydrogens is 318 g/mol. The van der Waals surface area contributed by atoms with Crippen molar-refractivity contribution in [1.29, 1.82) is 0 Å². The van der Waals surface area contributed by atoms with Crippen molar-refractivity contribution in [2.24, 2.45) is 0 Å². The van der Waals surface area contributed by atoms with Crippen molar-refractivity contribution >= 4 is 28.1 Å². The first kappa shape index (κ1) is 18.5. The zero-order chi connectivity index (χ0) is 17.2. The number of rotatable bonds is 10. The highest BCUT2D eigenvalue weighted by molar-refractivity contribution is 7.14. The molecule has 0 atom stereocenters. The standard InChI is InChI=1S/C19H27N3OS/c1-3-5-6-7-8-9-18(23)21-16-12-10-15(11-13-16)17-14-24-19(22-17)20-4-2/h10-14H,3-9H2,1-2H3,(H,20,22)(H,21,23). The normalized spacial score (nSPS) is 10.6. The average molecular weight is 346 g/mol. The summed E-state index contributed by atoms with van der Waals surface area (Å²) in [5.41, 5.74) is 2.87. The van der Waals surface area contributed by atoms with Crippen molar-refractivity contribution in [3.05, 3.63) is 29.6 Å². The number of nitrogens with one attached hydrogen (secondary N) is 2. The van der Waals surface area contributed by atoms with Crippen LogP contribution in [0.2, 0.25) is 0 Å². The van der Waals surface area contributed by atoms with Crippen LogP contribution < -0.4 is 10.6 Å². The third-order valence-electron chi connectivity index (χ3n) is 3.80. The summed E-state index contributed by atoms with van der Waals surface area (Å²) >= 11 is 1.61. The van der Waals surface area contributed by atoms with E-state index in [2.05, 4.69) is 29.5 Å². The lowest BCUT2D eigenvalue weighted by atomic mass is 10.1. The van der Waals surface area contributed by atoms with Gasteiger partial charge >= 0.3 is 0 Å². The van der Waals surface area contributed by atoms with Gasteiger partial charge in [-0.1, -0.05) is 44.7 Å². The van der Waals surface area contributed by atoms with Crippen LogP contribution in [0.4, 0.5) is 10.8 Å². The molecule has 0 saturated heterocycles. The lowest BCUT2D eigenvalue weighted by Crippen LogP contribution is -2.10. The molecule has 24 heavy (non-hydrogen) atoms. The molecule has 1 aromatic heterocycles. The van der Waals surface area contributed by atoms with Crippen LogP contribution in [0.25, 0.3) is 11.3 Å². The van der Waals surface area contributed by atoms with Crippen LogP contribution in [0.15, 0.2) is 29.6 Å². The Bertz CT molecular complexity index is 622.